The number of carbonyl (C=O) groups is 1. The highest BCUT2D eigenvalue weighted by Crippen LogP contribution is 2.25. The van der Waals surface area contributed by atoms with Gasteiger partial charge in [0.15, 0.2) is 0 Å². The van der Waals surface area contributed by atoms with Gasteiger partial charge in [0.05, 0.1) is 18.8 Å². The lowest BCUT2D eigenvalue weighted by Crippen LogP contribution is -2.45. The number of nitrogen functional groups attached to an aromatic ring is 1. The Balaban J connectivity index is 2.22. The number of methoxy groups -OCH3 is 1. The Morgan fingerprint density at radius 1 is 1.53 bits per heavy atom. The summed E-state index contributed by atoms with van der Waals surface area (Å²) in [6.45, 7) is 3.00. The molecule has 2 unspecified atom stereocenters. The Labute approximate surface area is 113 Å². The second-order valence-corrected chi connectivity index (χ2v) is 5.04. The molecule has 1 aliphatic rings. The zero-order valence-corrected chi connectivity index (χ0v) is 11.3. The molecule has 0 saturated carbocycles. The SMILES string of the molecule is COc1ccc(N)cc1C(=O)N1CCC(C)C(O)C1. The molecule has 0 aromatic heterocycles. The number of nitrogens with two attached hydrogens (primary N) is 1. The van der Waals surface area contributed by atoms with Crippen LogP contribution in [0.4, 0.5) is 5.69 Å². The lowest BCUT2D eigenvalue weighted by Gasteiger charge is -2.34. The number of piperidine rings is 1. The minimum absolute atomic E-state index is 0.143. The van der Waals surface area contributed by atoms with Gasteiger partial charge in [-0.1, -0.05) is 6.92 Å². The predicted molar refractivity (Wildman–Crippen MR) is 73.1 cm³/mol. The number of aliphatic hydroxyl groups excluding tert-OH is 1. The van der Waals surface area contributed by atoms with Gasteiger partial charge in [0.25, 0.3) is 5.91 Å². The lowest BCUT2D eigenvalue weighted by molar-refractivity contribution is 0.0247. The Kier molecular flexibility index (Phi) is 3.95. The lowest BCUT2D eigenvalue weighted by atomic mass is 9.95. The smallest absolute Gasteiger partial charge is 0.257 e. The number of nitrogens with zero attached hydrogens (tertiary/aromatic N) is 1. The molecule has 1 saturated heterocycles. The number of ether oxygens (including phenoxy) is 1. The first-order valence-corrected chi connectivity index (χ1v) is 6.43. The number of hydrogen-bond donors (Lipinski definition) is 2. The number of amides is 1. The minimum Gasteiger partial charge on any atom is -0.496 e. The molecule has 1 fully saturated rings. The zero-order chi connectivity index (χ0) is 14.0. The molecule has 19 heavy (non-hydrogen) atoms. The van der Waals surface area contributed by atoms with Crippen LogP contribution in [-0.2, 0) is 0 Å². The summed E-state index contributed by atoms with van der Waals surface area (Å²) in [4.78, 5) is 14.1. The Morgan fingerprint density at radius 3 is 2.89 bits per heavy atom. The van der Waals surface area contributed by atoms with Gasteiger partial charge >= 0.3 is 0 Å². The van der Waals surface area contributed by atoms with E-state index in [1.807, 2.05) is 6.92 Å². The van der Waals surface area contributed by atoms with E-state index in [0.717, 1.165) is 6.42 Å². The topological polar surface area (TPSA) is 75.8 Å². The molecule has 0 spiro atoms. The van der Waals surface area contributed by atoms with Gasteiger partial charge < -0.3 is 20.5 Å². The number of carbonyl (C=O) groups excluding carboxylic acids is 1. The van der Waals surface area contributed by atoms with Crippen LogP contribution in [0.2, 0.25) is 0 Å². The Morgan fingerprint density at radius 2 is 2.26 bits per heavy atom. The molecule has 3 N–H and O–H groups in total. The second-order valence-electron chi connectivity index (χ2n) is 5.04. The molecule has 1 heterocycles. The quantitative estimate of drug-likeness (QED) is 0.785. The van der Waals surface area contributed by atoms with E-state index in [1.165, 1.54) is 7.11 Å². The molecular weight excluding hydrogens is 244 g/mol. The Hall–Kier alpha value is -1.75. The van der Waals surface area contributed by atoms with Gasteiger partial charge in [-0.25, -0.2) is 0 Å². The third-order valence-corrected chi connectivity index (χ3v) is 3.66. The first-order chi connectivity index (χ1) is 9.02. The van der Waals surface area contributed by atoms with Crippen LogP contribution in [0, 0.1) is 5.92 Å². The predicted octanol–water partition coefficient (Wildman–Crippen LogP) is 1.12. The second kappa shape index (κ2) is 5.48. The summed E-state index contributed by atoms with van der Waals surface area (Å²) in [7, 11) is 1.52. The summed E-state index contributed by atoms with van der Waals surface area (Å²) in [6, 6.07) is 5.00. The van der Waals surface area contributed by atoms with E-state index in [2.05, 4.69) is 0 Å². The van der Waals surface area contributed by atoms with Crippen molar-refractivity contribution >= 4 is 11.6 Å². The number of anilines is 1. The maximum atomic E-state index is 12.5. The number of likely N-dealkylation sites (tertiary alicyclic amines) is 1. The summed E-state index contributed by atoms with van der Waals surface area (Å²) in [5, 5.41) is 9.88. The van der Waals surface area contributed by atoms with Crippen molar-refractivity contribution in [3.05, 3.63) is 23.8 Å². The van der Waals surface area contributed by atoms with Crippen LogP contribution in [0.15, 0.2) is 18.2 Å². The molecule has 1 aliphatic heterocycles. The standard InChI is InChI=1S/C14H20N2O3/c1-9-5-6-16(8-12(9)17)14(18)11-7-10(15)3-4-13(11)19-2/h3-4,7,9,12,17H,5-6,8,15H2,1-2H3. The van der Waals surface area contributed by atoms with Gasteiger partial charge in [-0.3, -0.25) is 4.79 Å². The molecule has 2 rings (SSSR count). The summed E-state index contributed by atoms with van der Waals surface area (Å²) >= 11 is 0. The van der Waals surface area contributed by atoms with Gasteiger partial charge in [-0.15, -0.1) is 0 Å². The third kappa shape index (κ3) is 2.81. The van der Waals surface area contributed by atoms with Crippen molar-refractivity contribution in [2.45, 2.75) is 19.4 Å². The van der Waals surface area contributed by atoms with Crippen LogP contribution in [0.1, 0.15) is 23.7 Å². The van der Waals surface area contributed by atoms with Crippen molar-refractivity contribution < 1.29 is 14.6 Å². The molecule has 1 amide bonds. The molecule has 1 aromatic carbocycles. The molecule has 0 aliphatic carbocycles. The maximum Gasteiger partial charge on any atom is 0.257 e. The highest BCUT2D eigenvalue weighted by Gasteiger charge is 2.29. The van der Waals surface area contributed by atoms with E-state index >= 15 is 0 Å². The van der Waals surface area contributed by atoms with Crippen LogP contribution in [0.3, 0.4) is 0 Å². The molecule has 1 aromatic rings. The van der Waals surface area contributed by atoms with Crippen LogP contribution in [0.25, 0.3) is 0 Å². The van der Waals surface area contributed by atoms with E-state index in [-0.39, 0.29) is 11.8 Å². The molecule has 5 heteroatoms. The highest BCUT2D eigenvalue weighted by atomic mass is 16.5. The number of benzene rings is 1. The van der Waals surface area contributed by atoms with Gasteiger partial charge in [0, 0.05) is 18.8 Å². The van der Waals surface area contributed by atoms with Crippen LogP contribution in [-0.4, -0.2) is 42.2 Å². The van der Waals surface area contributed by atoms with E-state index < -0.39 is 6.10 Å². The normalized spacial score (nSPS) is 23.2. The van der Waals surface area contributed by atoms with E-state index in [0.29, 0.717) is 30.1 Å². The largest absolute Gasteiger partial charge is 0.496 e. The summed E-state index contributed by atoms with van der Waals surface area (Å²) in [5.74, 6) is 0.592. The van der Waals surface area contributed by atoms with Crippen LogP contribution < -0.4 is 10.5 Å². The van der Waals surface area contributed by atoms with Crippen molar-refractivity contribution in [1.82, 2.24) is 4.90 Å². The van der Waals surface area contributed by atoms with E-state index in [9.17, 15) is 9.90 Å². The maximum absolute atomic E-state index is 12.5. The first-order valence-electron chi connectivity index (χ1n) is 6.43. The summed E-state index contributed by atoms with van der Waals surface area (Å²) < 4.78 is 5.19. The fraction of sp³-hybridized carbons (Fsp3) is 0.500. The van der Waals surface area contributed by atoms with Crippen molar-refractivity contribution in [1.29, 1.82) is 0 Å². The average Bonchev–Trinajstić information content (AvgIpc) is 2.41. The van der Waals surface area contributed by atoms with Gasteiger partial charge in [-0.05, 0) is 30.5 Å². The highest BCUT2D eigenvalue weighted by molar-refractivity contribution is 5.98. The summed E-state index contributed by atoms with van der Waals surface area (Å²) in [5.41, 5.74) is 6.69. The third-order valence-electron chi connectivity index (χ3n) is 3.66. The number of β-amino-alcohol motifs (C(OH)–C–C–N with tert-alkyl or cyclic N) is 1. The van der Waals surface area contributed by atoms with Crippen molar-refractivity contribution in [3.8, 4) is 5.75 Å². The van der Waals surface area contributed by atoms with Crippen molar-refractivity contribution in [3.63, 3.8) is 0 Å². The van der Waals surface area contributed by atoms with E-state index in [1.54, 1.807) is 23.1 Å². The van der Waals surface area contributed by atoms with Crippen LogP contribution >= 0.6 is 0 Å². The number of hydrogen-bond acceptors (Lipinski definition) is 4. The van der Waals surface area contributed by atoms with Gasteiger partial charge in [-0.2, -0.15) is 0 Å². The van der Waals surface area contributed by atoms with Gasteiger partial charge in [0.1, 0.15) is 5.75 Å². The minimum atomic E-state index is -0.468. The molecule has 0 bridgehead atoms. The Bertz CT molecular complexity index is 476. The van der Waals surface area contributed by atoms with Crippen molar-refractivity contribution in [2.24, 2.45) is 5.92 Å². The fourth-order valence-corrected chi connectivity index (χ4v) is 2.30. The van der Waals surface area contributed by atoms with E-state index in [4.69, 9.17) is 10.5 Å². The molecule has 2 atom stereocenters. The van der Waals surface area contributed by atoms with Crippen LogP contribution in [0.5, 0.6) is 5.75 Å². The molecular formula is C14H20N2O3. The molecule has 0 radical (unpaired) electrons. The average molecular weight is 264 g/mol. The molecule has 5 nitrogen and oxygen atoms in total. The number of rotatable bonds is 2. The van der Waals surface area contributed by atoms with Gasteiger partial charge in [0.2, 0.25) is 0 Å². The monoisotopic (exact) mass is 264 g/mol. The number of aliphatic hydroxyl groups is 1. The summed E-state index contributed by atoms with van der Waals surface area (Å²) in [6.07, 6.45) is 0.335. The first kappa shape index (κ1) is 13.7. The van der Waals surface area contributed by atoms with Crippen molar-refractivity contribution in [2.75, 3.05) is 25.9 Å². The fourth-order valence-electron chi connectivity index (χ4n) is 2.30. The zero-order valence-electron chi connectivity index (χ0n) is 11.3. The molecule has 104 valence electrons.